The summed E-state index contributed by atoms with van der Waals surface area (Å²) in [6.45, 7) is 20.1. The van der Waals surface area contributed by atoms with Gasteiger partial charge in [-0.05, 0) is 62.5 Å². The van der Waals surface area contributed by atoms with Crippen molar-refractivity contribution >= 4 is 59.0 Å². The van der Waals surface area contributed by atoms with Crippen molar-refractivity contribution in [3.05, 3.63) is 36.0 Å². The molecule has 1 aliphatic rings. The molecule has 2 heterocycles. The van der Waals surface area contributed by atoms with Crippen molar-refractivity contribution in [3.63, 3.8) is 0 Å². The lowest BCUT2D eigenvalue weighted by Crippen LogP contribution is -2.62. The van der Waals surface area contributed by atoms with Crippen LogP contribution in [0.2, 0.25) is 0 Å². The van der Waals surface area contributed by atoms with Gasteiger partial charge in [0.05, 0.1) is 0 Å². The van der Waals surface area contributed by atoms with Gasteiger partial charge in [-0.25, -0.2) is 0 Å². The van der Waals surface area contributed by atoms with Gasteiger partial charge < -0.3 is 42.2 Å². The zero-order chi connectivity index (χ0) is 41.4. The molecule has 0 radical (unpaired) electrons. The molecule has 0 aliphatic carbocycles. The van der Waals surface area contributed by atoms with Gasteiger partial charge in [-0.3, -0.25) is 28.8 Å². The van der Waals surface area contributed by atoms with Crippen molar-refractivity contribution in [2.45, 2.75) is 136 Å². The zero-order valence-electron chi connectivity index (χ0n) is 34.3. The average molecular weight is 785 g/mol. The Morgan fingerprint density at radius 1 is 0.673 bits per heavy atom. The molecular formula is C40H64N8O6S. The summed E-state index contributed by atoms with van der Waals surface area (Å²) in [7, 11) is 0. The molecule has 8 N–H and O–H groups in total. The molecule has 1 aromatic heterocycles. The van der Waals surface area contributed by atoms with Gasteiger partial charge in [0.25, 0.3) is 0 Å². The number of benzene rings is 1. The second-order valence-corrected chi connectivity index (χ2v) is 18.0. The number of hydrogen-bond acceptors (Lipinski definition) is 8. The summed E-state index contributed by atoms with van der Waals surface area (Å²) in [6, 6.07) is 1.00. The third-order valence-corrected chi connectivity index (χ3v) is 10.2. The van der Waals surface area contributed by atoms with Gasteiger partial charge in [0.2, 0.25) is 35.4 Å². The van der Waals surface area contributed by atoms with Crippen LogP contribution in [0.1, 0.15) is 88.1 Å². The Balaban J connectivity index is 2.10. The summed E-state index contributed by atoms with van der Waals surface area (Å²) in [5.41, 5.74) is 1.62. The van der Waals surface area contributed by atoms with Crippen LogP contribution < -0.4 is 37.2 Å². The Kier molecular flexibility index (Phi) is 16.2. The number of fused-ring (bicyclic) bond motifs is 1. The molecule has 0 saturated carbocycles. The number of amides is 6. The van der Waals surface area contributed by atoms with Gasteiger partial charge in [0, 0.05) is 40.9 Å². The number of thiol groups is 1. The van der Waals surface area contributed by atoms with Gasteiger partial charge in [0.1, 0.15) is 36.3 Å². The van der Waals surface area contributed by atoms with E-state index in [0.717, 1.165) is 16.5 Å². The number of H-pyrrole nitrogens is 1. The van der Waals surface area contributed by atoms with Crippen molar-refractivity contribution in [3.8, 4) is 0 Å². The van der Waals surface area contributed by atoms with E-state index in [9.17, 15) is 28.8 Å². The monoisotopic (exact) mass is 784 g/mol. The van der Waals surface area contributed by atoms with Gasteiger partial charge >= 0.3 is 0 Å². The first kappa shape index (κ1) is 45.3. The number of aromatic amines is 1. The number of carbonyl (C=O) groups is 6. The summed E-state index contributed by atoms with van der Waals surface area (Å²) < 4.78 is -0.899. The van der Waals surface area contributed by atoms with E-state index in [1.165, 1.54) is 6.92 Å². The number of nitrogens with one attached hydrogen (secondary N) is 8. The first-order valence-electron chi connectivity index (χ1n) is 19.4. The first-order valence-corrected chi connectivity index (χ1v) is 19.9. The van der Waals surface area contributed by atoms with Crippen LogP contribution in [-0.4, -0.2) is 94.0 Å². The van der Waals surface area contributed by atoms with E-state index in [1.807, 2.05) is 65.8 Å². The van der Waals surface area contributed by atoms with Crippen LogP contribution in [-0.2, 0) is 35.2 Å². The molecule has 0 unspecified atom stereocenters. The second-order valence-electron chi connectivity index (χ2n) is 16.9. The summed E-state index contributed by atoms with van der Waals surface area (Å²) in [5.74, 6) is -4.02. The fourth-order valence-electron chi connectivity index (χ4n) is 6.56. The van der Waals surface area contributed by atoms with Gasteiger partial charge in [0.15, 0.2) is 0 Å². The molecule has 15 heteroatoms. The lowest BCUT2D eigenvalue weighted by atomic mass is 9.96. The summed E-state index contributed by atoms with van der Waals surface area (Å²) in [5, 5.41) is 21.3. The Bertz CT molecular complexity index is 1670. The largest absolute Gasteiger partial charge is 0.361 e. The van der Waals surface area contributed by atoms with E-state index in [-0.39, 0.29) is 43.1 Å². The fourth-order valence-corrected chi connectivity index (χ4v) is 6.77. The summed E-state index contributed by atoms with van der Waals surface area (Å²) in [6.07, 6.45) is 2.10. The van der Waals surface area contributed by atoms with Gasteiger partial charge in [-0.1, -0.05) is 73.6 Å². The highest BCUT2D eigenvalue weighted by Crippen LogP contribution is 2.21. The highest BCUT2D eigenvalue weighted by Gasteiger charge is 2.38. The minimum Gasteiger partial charge on any atom is -0.361 e. The standard InChI is InChI=1S/C40H64N8O6S/c1-20(2)16-28-36(51)47-32(23(7)8)38(53)48-31(22(5)6)37(52)46-30(21(3)4)19-42-33(40(10,11)55)39(54)43-24(9)34(49)44-29(35(50)45-28)17-25-18-41-27-15-13-12-14-26(25)27/h12-15,18,20-24,28-33,41-42,55H,16-17,19H2,1-11H3,(H,43,54)(H,44,49)(H,45,50)(H,46,52)(H,47,51)(H,48,53)/t24-,28-,29+,30-,31-,32+,33-/m1/s1. The van der Waals surface area contributed by atoms with Gasteiger partial charge in [-0.2, -0.15) is 12.6 Å². The number of para-hydroxylation sites is 1. The fraction of sp³-hybridized carbons (Fsp3) is 0.650. The predicted molar refractivity (Wildman–Crippen MR) is 218 cm³/mol. The molecule has 3 rings (SSSR count). The number of rotatable bonds is 8. The maximum Gasteiger partial charge on any atom is 0.243 e. The maximum atomic E-state index is 14.2. The quantitative estimate of drug-likeness (QED) is 0.183. The molecule has 14 nitrogen and oxygen atoms in total. The topological polar surface area (TPSA) is 202 Å². The number of hydrogen-bond donors (Lipinski definition) is 9. The molecule has 6 amide bonds. The lowest BCUT2D eigenvalue weighted by Gasteiger charge is -2.34. The molecule has 55 heavy (non-hydrogen) atoms. The Labute approximate surface area is 331 Å². The van der Waals surface area contributed by atoms with E-state index >= 15 is 0 Å². The maximum absolute atomic E-state index is 14.2. The molecule has 1 saturated heterocycles. The third kappa shape index (κ3) is 12.7. The smallest absolute Gasteiger partial charge is 0.243 e. The number of carbonyl (C=O) groups excluding carboxylic acids is 6. The number of aromatic nitrogens is 1. The van der Waals surface area contributed by atoms with E-state index in [4.69, 9.17) is 12.6 Å². The predicted octanol–water partition coefficient (Wildman–Crippen LogP) is 2.33. The Hall–Kier alpha value is -4.11. The van der Waals surface area contributed by atoms with Crippen molar-refractivity contribution < 1.29 is 28.8 Å². The Morgan fingerprint density at radius 3 is 1.78 bits per heavy atom. The molecule has 306 valence electrons. The summed E-state index contributed by atoms with van der Waals surface area (Å²) >= 11 is 4.70. The van der Waals surface area contributed by atoms with Crippen molar-refractivity contribution in [1.29, 1.82) is 0 Å². The van der Waals surface area contributed by atoms with Crippen LogP contribution in [0, 0.1) is 23.7 Å². The SMILES string of the molecule is CC(C)C[C@H]1NC(=O)[C@H](Cc2c[nH]c3ccccc23)NC(=O)[C@@H](C)NC(=O)[C@H](C(C)(C)S)NC[C@H](C(C)C)NC(=O)[C@@H](C(C)C)NC(=O)[C@H](C(C)C)NC1=O. The molecule has 0 spiro atoms. The average Bonchev–Trinajstić information content (AvgIpc) is 3.49. The molecular weight excluding hydrogens is 721 g/mol. The summed E-state index contributed by atoms with van der Waals surface area (Å²) in [4.78, 5) is 86.7. The Morgan fingerprint density at radius 2 is 1.22 bits per heavy atom. The van der Waals surface area contributed by atoms with Crippen LogP contribution in [0.25, 0.3) is 10.9 Å². The van der Waals surface area contributed by atoms with Crippen molar-refractivity contribution in [2.24, 2.45) is 23.7 Å². The highest BCUT2D eigenvalue weighted by atomic mass is 32.1. The van der Waals surface area contributed by atoms with Crippen molar-refractivity contribution in [1.82, 2.24) is 42.2 Å². The lowest BCUT2D eigenvalue weighted by molar-refractivity contribution is -0.136. The molecule has 1 aromatic carbocycles. The molecule has 1 aliphatic heterocycles. The van der Waals surface area contributed by atoms with Crippen LogP contribution in [0.3, 0.4) is 0 Å². The van der Waals surface area contributed by atoms with Gasteiger partial charge in [-0.15, -0.1) is 0 Å². The second kappa shape index (κ2) is 19.7. The van der Waals surface area contributed by atoms with Crippen LogP contribution in [0.15, 0.2) is 30.5 Å². The molecule has 1 fully saturated rings. The normalized spacial score (nSPS) is 26.3. The minimum atomic E-state index is -1.14. The third-order valence-electron chi connectivity index (χ3n) is 9.96. The van der Waals surface area contributed by atoms with Crippen LogP contribution >= 0.6 is 12.6 Å². The molecule has 2 aromatic rings. The van der Waals surface area contributed by atoms with E-state index < -0.39 is 82.5 Å². The van der Waals surface area contributed by atoms with E-state index in [2.05, 4.69) is 42.2 Å². The first-order chi connectivity index (χ1) is 25.6. The minimum absolute atomic E-state index is 0.0331. The van der Waals surface area contributed by atoms with Crippen molar-refractivity contribution in [2.75, 3.05) is 6.54 Å². The van der Waals surface area contributed by atoms with E-state index in [0.29, 0.717) is 0 Å². The molecule has 7 atom stereocenters. The van der Waals surface area contributed by atoms with Crippen LogP contribution in [0.4, 0.5) is 0 Å². The highest BCUT2D eigenvalue weighted by molar-refractivity contribution is 7.81. The zero-order valence-corrected chi connectivity index (χ0v) is 35.2. The van der Waals surface area contributed by atoms with Crippen LogP contribution in [0.5, 0.6) is 0 Å². The van der Waals surface area contributed by atoms with E-state index in [1.54, 1.807) is 33.9 Å². The molecule has 0 bridgehead atoms.